The number of rotatable bonds is 5. The fraction of sp³-hybridized carbons (Fsp3) is 0.263. The van der Waals surface area contributed by atoms with E-state index in [0.29, 0.717) is 12.1 Å². The molecule has 5 heteroatoms. The second kappa shape index (κ2) is 7.64. The first-order chi connectivity index (χ1) is 11.4. The van der Waals surface area contributed by atoms with Crippen LogP contribution < -0.4 is 10.6 Å². The lowest BCUT2D eigenvalue weighted by atomic mass is 10.1. The van der Waals surface area contributed by atoms with E-state index in [1.165, 1.54) is 6.92 Å². The third kappa shape index (κ3) is 4.59. The van der Waals surface area contributed by atoms with Gasteiger partial charge in [0.15, 0.2) is 0 Å². The third-order valence-electron chi connectivity index (χ3n) is 3.63. The molecule has 2 N–H and O–H groups in total. The van der Waals surface area contributed by atoms with Gasteiger partial charge in [-0.2, -0.15) is 0 Å². The zero-order valence-electron chi connectivity index (χ0n) is 14.5. The van der Waals surface area contributed by atoms with Crippen molar-refractivity contribution in [1.82, 2.24) is 4.90 Å². The molecule has 0 saturated heterocycles. The zero-order chi connectivity index (χ0) is 17.7. The fourth-order valence-electron chi connectivity index (χ4n) is 2.37. The Morgan fingerprint density at radius 2 is 1.62 bits per heavy atom. The topological polar surface area (TPSA) is 61.4 Å². The quantitative estimate of drug-likeness (QED) is 0.887. The van der Waals surface area contributed by atoms with Crippen LogP contribution in [0.25, 0.3) is 0 Å². The van der Waals surface area contributed by atoms with E-state index in [0.717, 1.165) is 22.5 Å². The highest BCUT2D eigenvalue weighted by Gasteiger charge is 2.11. The van der Waals surface area contributed by atoms with Crippen molar-refractivity contribution in [3.63, 3.8) is 0 Å². The summed E-state index contributed by atoms with van der Waals surface area (Å²) >= 11 is 0. The van der Waals surface area contributed by atoms with E-state index in [1.54, 1.807) is 19.0 Å². The maximum atomic E-state index is 12.0. The summed E-state index contributed by atoms with van der Waals surface area (Å²) in [7, 11) is 3.50. The van der Waals surface area contributed by atoms with Crippen LogP contribution in [0.1, 0.15) is 28.4 Å². The van der Waals surface area contributed by atoms with Crippen LogP contribution in [0.2, 0.25) is 0 Å². The standard InChI is InChI=1S/C19H23N3O2/c1-13-11-17(9-10-18(13)19(24)22(3)4)20-12-15-5-7-16(8-6-15)21-14(2)23/h5-11,20H,12H2,1-4H3,(H,21,23). The number of benzene rings is 2. The van der Waals surface area contributed by atoms with Crippen molar-refractivity contribution < 1.29 is 9.59 Å². The van der Waals surface area contributed by atoms with Crippen molar-refractivity contribution in [2.75, 3.05) is 24.7 Å². The lowest BCUT2D eigenvalue weighted by Crippen LogP contribution is -2.22. The number of hydrogen-bond acceptors (Lipinski definition) is 3. The molecule has 2 amide bonds. The minimum absolute atomic E-state index is 0.00705. The lowest BCUT2D eigenvalue weighted by molar-refractivity contribution is -0.114. The largest absolute Gasteiger partial charge is 0.381 e. The summed E-state index contributed by atoms with van der Waals surface area (Å²) in [6.07, 6.45) is 0. The summed E-state index contributed by atoms with van der Waals surface area (Å²) in [5.74, 6) is -0.0729. The van der Waals surface area contributed by atoms with E-state index in [9.17, 15) is 9.59 Å². The smallest absolute Gasteiger partial charge is 0.253 e. The molecular formula is C19H23N3O2. The molecule has 0 aliphatic heterocycles. The van der Waals surface area contributed by atoms with E-state index in [2.05, 4.69) is 10.6 Å². The van der Waals surface area contributed by atoms with E-state index in [1.807, 2.05) is 49.4 Å². The molecular weight excluding hydrogens is 302 g/mol. The summed E-state index contributed by atoms with van der Waals surface area (Å²) in [6, 6.07) is 13.4. The Morgan fingerprint density at radius 1 is 1.00 bits per heavy atom. The molecule has 0 spiro atoms. The summed E-state index contributed by atoms with van der Waals surface area (Å²) in [5, 5.41) is 6.09. The van der Waals surface area contributed by atoms with Gasteiger partial charge in [-0.25, -0.2) is 0 Å². The first-order valence-corrected chi connectivity index (χ1v) is 7.79. The normalized spacial score (nSPS) is 10.2. The Hall–Kier alpha value is -2.82. The highest BCUT2D eigenvalue weighted by molar-refractivity contribution is 5.95. The molecule has 126 valence electrons. The Bertz CT molecular complexity index is 737. The van der Waals surface area contributed by atoms with Gasteiger partial charge in [-0.15, -0.1) is 0 Å². The summed E-state index contributed by atoms with van der Waals surface area (Å²) in [4.78, 5) is 24.6. The molecule has 0 unspecified atom stereocenters. The number of aryl methyl sites for hydroxylation is 1. The van der Waals surface area contributed by atoms with Crippen molar-refractivity contribution in [3.05, 3.63) is 59.2 Å². The van der Waals surface area contributed by atoms with Crippen molar-refractivity contribution in [2.24, 2.45) is 0 Å². The van der Waals surface area contributed by atoms with E-state index in [-0.39, 0.29) is 11.8 Å². The minimum Gasteiger partial charge on any atom is -0.381 e. The maximum Gasteiger partial charge on any atom is 0.253 e. The van der Waals surface area contributed by atoms with Crippen LogP contribution >= 0.6 is 0 Å². The highest BCUT2D eigenvalue weighted by Crippen LogP contribution is 2.18. The van der Waals surface area contributed by atoms with Gasteiger partial charge < -0.3 is 15.5 Å². The van der Waals surface area contributed by atoms with Gasteiger partial charge in [-0.05, 0) is 48.4 Å². The SMILES string of the molecule is CC(=O)Nc1ccc(CNc2ccc(C(=O)N(C)C)c(C)c2)cc1. The van der Waals surface area contributed by atoms with Gasteiger partial charge in [0.25, 0.3) is 5.91 Å². The average molecular weight is 325 g/mol. The number of carbonyl (C=O) groups excluding carboxylic acids is 2. The van der Waals surface area contributed by atoms with E-state index < -0.39 is 0 Å². The van der Waals surface area contributed by atoms with Crippen molar-refractivity contribution in [3.8, 4) is 0 Å². The Morgan fingerprint density at radius 3 is 2.17 bits per heavy atom. The molecule has 0 radical (unpaired) electrons. The van der Waals surface area contributed by atoms with Crippen molar-refractivity contribution >= 4 is 23.2 Å². The fourth-order valence-corrected chi connectivity index (χ4v) is 2.37. The van der Waals surface area contributed by atoms with Gasteiger partial charge in [-0.3, -0.25) is 9.59 Å². The monoisotopic (exact) mass is 325 g/mol. The van der Waals surface area contributed by atoms with E-state index in [4.69, 9.17) is 0 Å². The molecule has 5 nitrogen and oxygen atoms in total. The summed E-state index contributed by atoms with van der Waals surface area (Å²) in [5.41, 5.74) is 4.52. The van der Waals surface area contributed by atoms with Gasteiger partial charge in [0, 0.05) is 44.5 Å². The number of amides is 2. The number of nitrogens with one attached hydrogen (secondary N) is 2. The minimum atomic E-state index is -0.0799. The zero-order valence-corrected chi connectivity index (χ0v) is 14.5. The molecule has 0 atom stereocenters. The van der Waals surface area contributed by atoms with Gasteiger partial charge >= 0.3 is 0 Å². The summed E-state index contributed by atoms with van der Waals surface area (Å²) < 4.78 is 0. The molecule has 2 aromatic carbocycles. The molecule has 0 fully saturated rings. The molecule has 24 heavy (non-hydrogen) atoms. The average Bonchev–Trinajstić information content (AvgIpc) is 2.53. The van der Waals surface area contributed by atoms with Gasteiger partial charge in [0.1, 0.15) is 0 Å². The van der Waals surface area contributed by atoms with Crippen molar-refractivity contribution in [1.29, 1.82) is 0 Å². The molecule has 0 aliphatic carbocycles. The number of hydrogen-bond donors (Lipinski definition) is 2. The molecule has 2 rings (SSSR count). The number of carbonyl (C=O) groups is 2. The second-order valence-corrected chi connectivity index (χ2v) is 5.96. The van der Waals surface area contributed by atoms with Crippen LogP contribution in [0.3, 0.4) is 0 Å². The van der Waals surface area contributed by atoms with Crippen LogP contribution in [-0.2, 0) is 11.3 Å². The molecule has 0 saturated carbocycles. The summed E-state index contributed by atoms with van der Waals surface area (Å²) in [6.45, 7) is 4.09. The van der Waals surface area contributed by atoms with Crippen LogP contribution in [0.15, 0.2) is 42.5 Å². The molecule has 0 heterocycles. The molecule has 2 aromatic rings. The number of anilines is 2. The predicted molar refractivity (Wildman–Crippen MR) is 97.3 cm³/mol. The van der Waals surface area contributed by atoms with Gasteiger partial charge in [0.2, 0.25) is 5.91 Å². The molecule has 0 aliphatic rings. The Balaban J connectivity index is 2.00. The first kappa shape index (κ1) is 17.5. The molecule has 0 aromatic heterocycles. The second-order valence-electron chi connectivity index (χ2n) is 5.96. The first-order valence-electron chi connectivity index (χ1n) is 7.79. The van der Waals surface area contributed by atoms with Gasteiger partial charge in [-0.1, -0.05) is 12.1 Å². The third-order valence-corrected chi connectivity index (χ3v) is 3.63. The number of nitrogens with zero attached hydrogens (tertiary/aromatic N) is 1. The Kier molecular flexibility index (Phi) is 5.58. The van der Waals surface area contributed by atoms with Crippen LogP contribution in [0.4, 0.5) is 11.4 Å². The van der Waals surface area contributed by atoms with Crippen LogP contribution in [-0.4, -0.2) is 30.8 Å². The molecule has 0 bridgehead atoms. The van der Waals surface area contributed by atoms with Crippen molar-refractivity contribution in [2.45, 2.75) is 20.4 Å². The van der Waals surface area contributed by atoms with Crippen LogP contribution in [0.5, 0.6) is 0 Å². The van der Waals surface area contributed by atoms with E-state index >= 15 is 0 Å². The lowest BCUT2D eigenvalue weighted by Gasteiger charge is -2.14. The maximum absolute atomic E-state index is 12.0. The van der Waals surface area contributed by atoms with Crippen LogP contribution in [0, 0.1) is 6.92 Å². The Labute approximate surface area is 142 Å². The van der Waals surface area contributed by atoms with Gasteiger partial charge in [0.05, 0.1) is 0 Å². The predicted octanol–water partition coefficient (Wildman–Crippen LogP) is 3.27. The highest BCUT2D eigenvalue weighted by atomic mass is 16.2.